The predicted molar refractivity (Wildman–Crippen MR) is 79.8 cm³/mol. The van der Waals surface area contributed by atoms with Crippen LogP contribution in [0.25, 0.3) is 0 Å². The molecule has 0 radical (unpaired) electrons. The van der Waals surface area contributed by atoms with Gasteiger partial charge in [-0.2, -0.15) is 0 Å². The number of carbonyl (C=O) groups excluding carboxylic acids is 1. The van der Waals surface area contributed by atoms with Crippen molar-refractivity contribution >= 4 is 5.91 Å². The van der Waals surface area contributed by atoms with E-state index in [1.165, 1.54) is 5.56 Å². The van der Waals surface area contributed by atoms with Crippen molar-refractivity contribution in [3.8, 4) is 0 Å². The van der Waals surface area contributed by atoms with E-state index >= 15 is 0 Å². The second kappa shape index (κ2) is 6.58. The van der Waals surface area contributed by atoms with Gasteiger partial charge >= 0.3 is 0 Å². The van der Waals surface area contributed by atoms with Crippen LogP contribution in [0.15, 0.2) is 30.3 Å². The maximum Gasteiger partial charge on any atom is 0.228 e. The minimum absolute atomic E-state index is 0.0589. The topological polar surface area (TPSA) is 49.8 Å². The fourth-order valence-corrected chi connectivity index (χ4v) is 3.38. The maximum atomic E-state index is 12.5. The van der Waals surface area contributed by atoms with E-state index in [2.05, 4.69) is 12.1 Å². The van der Waals surface area contributed by atoms with Crippen molar-refractivity contribution in [2.45, 2.75) is 37.9 Å². The highest BCUT2D eigenvalue weighted by Crippen LogP contribution is 2.28. The third kappa shape index (κ3) is 3.44. The second-order valence-electron chi connectivity index (χ2n) is 6.07. The van der Waals surface area contributed by atoms with Crippen LogP contribution in [-0.2, 0) is 16.0 Å². The summed E-state index contributed by atoms with van der Waals surface area (Å²) in [4.78, 5) is 14.4. The number of hydrogen-bond donors (Lipinski definition) is 1. The average Bonchev–Trinajstić information content (AvgIpc) is 2.94. The van der Waals surface area contributed by atoms with Crippen LogP contribution in [0, 0.1) is 5.92 Å². The van der Waals surface area contributed by atoms with Gasteiger partial charge in [0.15, 0.2) is 0 Å². The molecule has 4 heteroatoms. The first-order chi connectivity index (χ1) is 10.2. The van der Waals surface area contributed by atoms with Crippen LogP contribution < -0.4 is 0 Å². The molecule has 3 unspecified atom stereocenters. The molecule has 1 aliphatic heterocycles. The van der Waals surface area contributed by atoms with Crippen LogP contribution in [0.1, 0.15) is 24.8 Å². The van der Waals surface area contributed by atoms with Gasteiger partial charge in [-0.25, -0.2) is 0 Å². The van der Waals surface area contributed by atoms with Crippen molar-refractivity contribution in [2.75, 3.05) is 19.7 Å². The number of carbonyl (C=O) groups is 1. The van der Waals surface area contributed by atoms with Gasteiger partial charge in [-0.1, -0.05) is 30.3 Å². The summed E-state index contributed by atoms with van der Waals surface area (Å²) < 4.78 is 5.80. The second-order valence-corrected chi connectivity index (χ2v) is 6.07. The number of ether oxygens (including phenoxy) is 1. The minimum atomic E-state index is -0.451. The molecule has 2 aliphatic rings. The number of aliphatic hydroxyl groups excluding tert-OH is 1. The first kappa shape index (κ1) is 14.5. The minimum Gasteiger partial charge on any atom is -0.392 e. The summed E-state index contributed by atoms with van der Waals surface area (Å²) in [5.74, 6) is -0.0816. The molecule has 1 aliphatic carbocycles. The third-order valence-corrected chi connectivity index (χ3v) is 4.55. The molecule has 1 saturated carbocycles. The van der Waals surface area contributed by atoms with Crippen molar-refractivity contribution in [1.29, 1.82) is 0 Å². The Morgan fingerprint density at radius 2 is 2.10 bits per heavy atom. The largest absolute Gasteiger partial charge is 0.392 e. The van der Waals surface area contributed by atoms with Gasteiger partial charge in [0.25, 0.3) is 0 Å². The molecule has 4 nitrogen and oxygen atoms in total. The summed E-state index contributed by atoms with van der Waals surface area (Å²) in [6.07, 6.45) is 2.97. The molecule has 1 amide bonds. The van der Waals surface area contributed by atoms with E-state index in [-0.39, 0.29) is 17.9 Å². The van der Waals surface area contributed by atoms with E-state index in [1.807, 2.05) is 23.1 Å². The van der Waals surface area contributed by atoms with Crippen LogP contribution >= 0.6 is 0 Å². The third-order valence-electron chi connectivity index (χ3n) is 4.55. The zero-order valence-electron chi connectivity index (χ0n) is 12.3. The van der Waals surface area contributed by atoms with Crippen LogP contribution in [0.2, 0.25) is 0 Å². The number of nitrogens with zero attached hydrogens (tertiary/aromatic N) is 1. The van der Waals surface area contributed by atoms with Gasteiger partial charge in [0, 0.05) is 19.5 Å². The zero-order valence-corrected chi connectivity index (χ0v) is 12.3. The maximum absolute atomic E-state index is 12.5. The quantitative estimate of drug-likeness (QED) is 0.920. The highest BCUT2D eigenvalue weighted by atomic mass is 16.5. The van der Waals surface area contributed by atoms with Gasteiger partial charge in [0.1, 0.15) is 0 Å². The van der Waals surface area contributed by atoms with Crippen LogP contribution in [0.4, 0.5) is 0 Å². The monoisotopic (exact) mass is 289 g/mol. The molecule has 0 aromatic heterocycles. The average molecular weight is 289 g/mol. The number of aliphatic hydroxyl groups is 1. The summed E-state index contributed by atoms with van der Waals surface area (Å²) in [5, 5.41) is 9.91. The number of benzene rings is 1. The Bertz CT molecular complexity index is 476. The van der Waals surface area contributed by atoms with Crippen molar-refractivity contribution in [3.05, 3.63) is 35.9 Å². The van der Waals surface area contributed by atoms with E-state index in [0.717, 1.165) is 25.7 Å². The van der Waals surface area contributed by atoms with Crippen molar-refractivity contribution < 1.29 is 14.6 Å². The van der Waals surface area contributed by atoms with E-state index in [0.29, 0.717) is 19.7 Å². The number of morpholine rings is 1. The zero-order chi connectivity index (χ0) is 14.7. The number of amides is 1. The Kier molecular flexibility index (Phi) is 4.56. The fraction of sp³-hybridized carbons (Fsp3) is 0.588. The van der Waals surface area contributed by atoms with E-state index in [1.54, 1.807) is 0 Å². The molecule has 1 aromatic carbocycles. The Morgan fingerprint density at radius 1 is 1.29 bits per heavy atom. The Balaban J connectivity index is 1.59. The molecule has 0 bridgehead atoms. The van der Waals surface area contributed by atoms with Gasteiger partial charge in [-0.05, 0) is 24.8 Å². The van der Waals surface area contributed by atoms with E-state index in [9.17, 15) is 9.90 Å². The summed E-state index contributed by atoms with van der Waals surface area (Å²) in [5.41, 5.74) is 1.23. The van der Waals surface area contributed by atoms with Crippen molar-refractivity contribution in [3.63, 3.8) is 0 Å². The normalized spacial score (nSPS) is 29.6. The predicted octanol–water partition coefficient (Wildman–Crippen LogP) is 1.62. The molecule has 2 fully saturated rings. The molecule has 114 valence electrons. The molecule has 1 saturated heterocycles. The summed E-state index contributed by atoms with van der Waals surface area (Å²) >= 11 is 0. The van der Waals surface area contributed by atoms with Gasteiger partial charge in [-0.15, -0.1) is 0 Å². The smallest absolute Gasteiger partial charge is 0.228 e. The van der Waals surface area contributed by atoms with Crippen LogP contribution in [-0.4, -0.2) is 47.8 Å². The van der Waals surface area contributed by atoms with Crippen LogP contribution in [0.5, 0.6) is 0 Å². The lowest BCUT2D eigenvalue weighted by molar-refractivity contribution is -0.145. The molecule has 3 atom stereocenters. The van der Waals surface area contributed by atoms with Gasteiger partial charge in [0.05, 0.1) is 24.7 Å². The fourth-order valence-electron chi connectivity index (χ4n) is 3.38. The van der Waals surface area contributed by atoms with Gasteiger partial charge in [0.2, 0.25) is 5.91 Å². The molecular formula is C17H23NO3. The number of rotatable bonds is 3. The number of hydrogen-bond acceptors (Lipinski definition) is 3. The van der Waals surface area contributed by atoms with Crippen molar-refractivity contribution in [1.82, 2.24) is 4.90 Å². The van der Waals surface area contributed by atoms with Gasteiger partial charge in [-0.3, -0.25) is 4.79 Å². The molecule has 21 heavy (non-hydrogen) atoms. The lowest BCUT2D eigenvalue weighted by Gasteiger charge is -2.35. The summed E-state index contributed by atoms with van der Waals surface area (Å²) in [6.45, 7) is 1.87. The Hall–Kier alpha value is -1.39. The van der Waals surface area contributed by atoms with Gasteiger partial charge < -0.3 is 14.7 Å². The van der Waals surface area contributed by atoms with Crippen LogP contribution in [0.3, 0.4) is 0 Å². The molecule has 0 spiro atoms. The lowest BCUT2D eigenvalue weighted by atomic mass is 10.0. The summed E-state index contributed by atoms with van der Waals surface area (Å²) in [6, 6.07) is 10.2. The molecular weight excluding hydrogens is 266 g/mol. The molecule has 1 N–H and O–H groups in total. The standard InChI is InChI=1S/C17H23NO3/c19-16-8-4-7-15(16)17(20)18-9-10-21-14(12-18)11-13-5-2-1-3-6-13/h1-3,5-6,14-16,19H,4,7-12H2. The Labute approximate surface area is 125 Å². The van der Waals surface area contributed by atoms with Crippen molar-refractivity contribution in [2.24, 2.45) is 5.92 Å². The highest BCUT2D eigenvalue weighted by molar-refractivity contribution is 5.79. The molecule has 1 heterocycles. The summed E-state index contributed by atoms with van der Waals surface area (Å²) in [7, 11) is 0. The highest BCUT2D eigenvalue weighted by Gasteiger charge is 2.36. The molecule has 3 rings (SSSR count). The molecule has 1 aromatic rings. The first-order valence-electron chi connectivity index (χ1n) is 7.86. The van der Waals surface area contributed by atoms with E-state index < -0.39 is 6.10 Å². The SMILES string of the molecule is O=C(C1CCCC1O)N1CCOC(Cc2ccccc2)C1. The first-order valence-corrected chi connectivity index (χ1v) is 7.86. The van der Waals surface area contributed by atoms with E-state index in [4.69, 9.17) is 4.74 Å². The lowest BCUT2D eigenvalue weighted by Crippen LogP contribution is -2.49. The Morgan fingerprint density at radius 3 is 2.81 bits per heavy atom.